The van der Waals surface area contributed by atoms with Gasteiger partial charge in [0.15, 0.2) is 0 Å². The lowest BCUT2D eigenvalue weighted by atomic mass is 9.87. The molecule has 0 unspecified atom stereocenters. The van der Waals surface area contributed by atoms with E-state index in [1.165, 1.54) is 5.69 Å². The molecule has 0 saturated carbocycles. The highest BCUT2D eigenvalue weighted by atomic mass is 35.5. The van der Waals surface area contributed by atoms with Gasteiger partial charge in [-0.15, -0.1) is 0 Å². The van der Waals surface area contributed by atoms with E-state index in [0.29, 0.717) is 16.5 Å². The molecule has 4 aromatic rings. The maximum atomic E-state index is 13.1. The third kappa shape index (κ3) is 3.74. The molecule has 3 nitrogen and oxygen atoms in total. The van der Waals surface area contributed by atoms with Gasteiger partial charge in [0.2, 0.25) is 5.88 Å². The fourth-order valence-electron chi connectivity index (χ4n) is 4.56. The summed E-state index contributed by atoms with van der Waals surface area (Å²) in [4.78, 5) is 13.1. The van der Waals surface area contributed by atoms with Gasteiger partial charge in [0, 0.05) is 22.8 Å². The van der Waals surface area contributed by atoms with E-state index in [-0.39, 0.29) is 11.4 Å². The molecule has 0 bridgehead atoms. The van der Waals surface area contributed by atoms with Gasteiger partial charge >= 0.3 is 5.97 Å². The first-order valence-corrected chi connectivity index (χ1v) is 11.1. The highest BCUT2D eigenvalue weighted by Gasteiger charge is 2.37. The Balaban J connectivity index is 1.74. The van der Waals surface area contributed by atoms with Crippen LogP contribution in [0.15, 0.2) is 84.9 Å². The van der Waals surface area contributed by atoms with Crippen molar-refractivity contribution in [3.63, 3.8) is 0 Å². The van der Waals surface area contributed by atoms with Crippen LogP contribution in [0.4, 0.5) is 0 Å². The number of nitrogens with zero attached hydrogens (tertiary/aromatic N) is 1. The van der Waals surface area contributed by atoms with Crippen LogP contribution >= 0.6 is 11.6 Å². The minimum absolute atomic E-state index is 0.0747. The molecule has 1 aliphatic rings. The topological polar surface area (TPSA) is 31.2 Å². The summed E-state index contributed by atoms with van der Waals surface area (Å²) in [6, 6.07) is 27.2. The van der Waals surface area contributed by atoms with Crippen molar-refractivity contribution in [2.24, 2.45) is 5.41 Å². The molecular formula is C28H24ClNO2. The van der Waals surface area contributed by atoms with Crippen LogP contribution in [0.1, 0.15) is 29.9 Å². The lowest BCUT2D eigenvalue weighted by Crippen LogP contribution is -2.16. The van der Waals surface area contributed by atoms with E-state index in [4.69, 9.17) is 16.3 Å². The number of benzene rings is 3. The maximum Gasteiger partial charge on any atom is 0.344 e. The van der Waals surface area contributed by atoms with Crippen LogP contribution in [0, 0.1) is 5.41 Å². The SMILES string of the molecule is CC1(C)Cc2c(-c3ccccc3)c(-c3ccc(Cl)cc3)c(OC(=O)c3ccccc3)n2C1. The van der Waals surface area contributed by atoms with Crippen LogP contribution in [-0.2, 0) is 13.0 Å². The Morgan fingerprint density at radius 3 is 2.09 bits per heavy atom. The molecular weight excluding hydrogens is 418 g/mol. The number of esters is 1. The second-order valence-electron chi connectivity index (χ2n) is 9.06. The predicted octanol–water partition coefficient (Wildman–Crippen LogP) is 7.28. The summed E-state index contributed by atoms with van der Waals surface area (Å²) in [6.07, 6.45) is 0.903. The predicted molar refractivity (Wildman–Crippen MR) is 129 cm³/mol. The van der Waals surface area contributed by atoms with Gasteiger partial charge in [-0.05, 0) is 47.2 Å². The second-order valence-corrected chi connectivity index (χ2v) is 9.49. The third-order valence-electron chi connectivity index (χ3n) is 5.95. The largest absolute Gasteiger partial charge is 0.405 e. The number of rotatable bonds is 4. The monoisotopic (exact) mass is 441 g/mol. The van der Waals surface area contributed by atoms with Gasteiger partial charge in [-0.1, -0.05) is 86.1 Å². The first kappa shape index (κ1) is 20.6. The Hall–Kier alpha value is -3.30. The van der Waals surface area contributed by atoms with E-state index in [0.717, 1.165) is 35.2 Å². The van der Waals surface area contributed by atoms with Crippen molar-refractivity contribution in [3.05, 3.63) is 101 Å². The molecule has 1 aromatic heterocycles. The highest BCUT2D eigenvalue weighted by Crippen LogP contribution is 2.50. The van der Waals surface area contributed by atoms with Gasteiger partial charge in [-0.3, -0.25) is 0 Å². The summed E-state index contributed by atoms with van der Waals surface area (Å²) in [5.41, 5.74) is 5.94. The maximum absolute atomic E-state index is 13.1. The van der Waals surface area contributed by atoms with Gasteiger partial charge < -0.3 is 9.30 Å². The zero-order chi connectivity index (χ0) is 22.3. The van der Waals surface area contributed by atoms with Gasteiger partial charge in [0.05, 0.1) is 11.1 Å². The van der Waals surface area contributed by atoms with E-state index in [1.807, 2.05) is 60.7 Å². The molecule has 5 rings (SSSR count). The van der Waals surface area contributed by atoms with E-state index >= 15 is 0 Å². The summed E-state index contributed by atoms with van der Waals surface area (Å²) in [7, 11) is 0. The van der Waals surface area contributed by atoms with Crippen molar-refractivity contribution < 1.29 is 9.53 Å². The minimum atomic E-state index is -0.356. The Bertz CT molecular complexity index is 1270. The van der Waals surface area contributed by atoms with Crippen LogP contribution in [0.5, 0.6) is 5.88 Å². The number of aromatic nitrogens is 1. The minimum Gasteiger partial charge on any atom is -0.405 e. The van der Waals surface area contributed by atoms with Crippen molar-refractivity contribution in [3.8, 4) is 28.1 Å². The fraction of sp³-hybridized carbons (Fsp3) is 0.179. The Labute approximate surface area is 193 Å². The third-order valence-corrected chi connectivity index (χ3v) is 6.20. The smallest absolute Gasteiger partial charge is 0.344 e. The van der Waals surface area contributed by atoms with Crippen LogP contribution < -0.4 is 4.74 Å². The second kappa shape index (κ2) is 7.99. The van der Waals surface area contributed by atoms with Crippen molar-refractivity contribution in [2.45, 2.75) is 26.8 Å². The summed E-state index contributed by atoms with van der Waals surface area (Å²) in [5, 5.41) is 0.672. The number of carbonyl (C=O) groups is 1. The van der Waals surface area contributed by atoms with Crippen molar-refractivity contribution in [1.29, 1.82) is 0 Å². The van der Waals surface area contributed by atoms with E-state index in [2.05, 4.69) is 30.5 Å². The standard InChI is InChI=1S/C28H24ClNO2/c1-28(2)17-23-24(19-9-5-3-6-10-19)25(20-13-15-22(29)16-14-20)26(30(23)18-28)32-27(31)21-11-7-4-8-12-21/h3-16H,17-18H2,1-2H3. The molecule has 0 spiro atoms. The molecule has 0 atom stereocenters. The molecule has 3 aromatic carbocycles. The average Bonchev–Trinajstić information content (AvgIpc) is 3.26. The molecule has 0 aliphatic carbocycles. The molecule has 32 heavy (non-hydrogen) atoms. The van der Waals surface area contributed by atoms with E-state index in [9.17, 15) is 4.79 Å². The molecule has 0 amide bonds. The lowest BCUT2D eigenvalue weighted by Gasteiger charge is -2.19. The normalized spacial score (nSPS) is 14.2. The number of fused-ring (bicyclic) bond motifs is 1. The van der Waals surface area contributed by atoms with Gasteiger partial charge in [0.1, 0.15) is 0 Å². The molecule has 0 fully saturated rings. The zero-order valence-electron chi connectivity index (χ0n) is 18.1. The van der Waals surface area contributed by atoms with Gasteiger partial charge in [0.25, 0.3) is 0 Å². The molecule has 0 saturated heterocycles. The Morgan fingerprint density at radius 1 is 0.844 bits per heavy atom. The Kier molecular flexibility index (Phi) is 5.15. The van der Waals surface area contributed by atoms with Crippen LogP contribution in [0.3, 0.4) is 0 Å². The molecule has 0 radical (unpaired) electrons. The van der Waals surface area contributed by atoms with Crippen LogP contribution in [-0.4, -0.2) is 10.5 Å². The van der Waals surface area contributed by atoms with Crippen LogP contribution in [0.25, 0.3) is 22.3 Å². The number of hydrogen-bond acceptors (Lipinski definition) is 2. The van der Waals surface area contributed by atoms with Crippen molar-refractivity contribution in [2.75, 3.05) is 0 Å². The highest BCUT2D eigenvalue weighted by molar-refractivity contribution is 6.30. The van der Waals surface area contributed by atoms with Crippen molar-refractivity contribution >= 4 is 17.6 Å². The Morgan fingerprint density at radius 2 is 1.44 bits per heavy atom. The summed E-state index contributed by atoms with van der Waals surface area (Å²) in [5.74, 6) is 0.242. The number of halogens is 1. The number of ether oxygens (including phenoxy) is 1. The summed E-state index contributed by atoms with van der Waals surface area (Å²) >= 11 is 6.18. The lowest BCUT2D eigenvalue weighted by molar-refractivity contribution is 0.0720. The van der Waals surface area contributed by atoms with Crippen molar-refractivity contribution in [1.82, 2.24) is 4.57 Å². The van der Waals surface area contributed by atoms with E-state index in [1.54, 1.807) is 12.1 Å². The number of hydrogen-bond donors (Lipinski definition) is 0. The first-order chi connectivity index (χ1) is 15.4. The molecule has 2 heterocycles. The fourth-order valence-corrected chi connectivity index (χ4v) is 4.69. The summed E-state index contributed by atoms with van der Waals surface area (Å²) < 4.78 is 8.33. The quantitative estimate of drug-likeness (QED) is 0.311. The first-order valence-electron chi connectivity index (χ1n) is 10.8. The molecule has 0 N–H and O–H groups in total. The number of carbonyl (C=O) groups excluding carboxylic acids is 1. The van der Waals surface area contributed by atoms with E-state index < -0.39 is 0 Å². The van der Waals surface area contributed by atoms with Gasteiger partial charge in [-0.25, -0.2) is 4.79 Å². The zero-order valence-corrected chi connectivity index (χ0v) is 18.9. The molecule has 4 heteroatoms. The summed E-state index contributed by atoms with van der Waals surface area (Å²) in [6.45, 7) is 5.28. The van der Waals surface area contributed by atoms with Gasteiger partial charge in [-0.2, -0.15) is 0 Å². The molecule has 1 aliphatic heterocycles. The van der Waals surface area contributed by atoms with Crippen LogP contribution in [0.2, 0.25) is 5.02 Å². The average molecular weight is 442 g/mol. The molecule has 160 valence electrons.